The number of halogens is 1. The first-order valence-corrected chi connectivity index (χ1v) is 9.28. The average Bonchev–Trinajstić information content (AvgIpc) is 2.63. The van der Waals surface area contributed by atoms with Crippen molar-refractivity contribution >= 4 is 15.7 Å². The minimum atomic E-state index is -3.61. The molecule has 0 fully saturated rings. The van der Waals surface area contributed by atoms with Gasteiger partial charge < -0.3 is 10.5 Å². The number of sulfonamides is 1. The summed E-state index contributed by atoms with van der Waals surface area (Å²) in [7, 11) is -3.61. The third-order valence-corrected chi connectivity index (χ3v) is 5.05. The number of rotatable bonds is 6. The number of anilines is 1. The topological polar surface area (TPSA) is 81.4 Å². The van der Waals surface area contributed by atoms with Crippen LogP contribution < -0.4 is 15.2 Å². The van der Waals surface area contributed by atoms with E-state index in [2.05, 4.69) is 4.72 Å². The molecule has 0 heterocycles. The molecule has 0 aliphatic heterocycles. The van der Waals surface area contributed by atoms with Crippen LogP contribution in [-0.2, 0) is 16.6 Å². The second-order valence-electron chi connectivity index (χ2n) is 5.59. The van der Waals surface area contributed by atoms with Crippen LogP contribution in [0.5, 0.6) is 11.5 Å². The van der Waals surface area contributed by atoms with Gasteiger partial charge in [0, 0.05) is 12.2 Å². The number of benzene rings is 3. The van der Waals surface area contributed by atoms with E-state index < -0.39 is 10.0 Å². The van der Waals surface area contributed by atoms with E-state index in [1.54, 1.807) is 24.3 Å². The maximum Gasteiger partial charge on any atom is 0.240 e. The van der Waals surface area contributed by atoms with Gasteiger partial charge >= 0.3 is 0 Å². The fraction of sp³-hybridized carbons (Fsp3) is 0.0526. The molecule has 0 bridgehead atoms. The lowest BCUT2D eigenvalue weighted by molar-refractivity contribution is 0.480. The molecule has 0 aliphatic rings. The highest BCUT2D eigenvalue weighted by Gasteiger charge is 2.13. The zero-order chi connectivity index (χ0) is 18.6. The van der Waals surface area contributed by atoms with Gasteiger partial charge in [0.15, 0.2) is 0 Å². The smallest absolute Gasteiger partial charge is 0.240 e. The lowest BCUT2D eigenvalue weighted by Crippen LogP contribution is -2.23. The fourth-order valence-corrected chi connectivity index (χ4v) is 3.24. The standard InChI is InChI=1S/C19H17FN2O3S/c20-15-3-9-18(10-4-15)25-17-7-1-14(2-8-17)13-22-26(23,24)19-11-5-16(21)6-12-19/h1-12,22H,13,21H2. The van der Waals surface area contributed by atoms with Gasteiger partial charge in [0.2, 0.25) is 10.0 Å². The zero-order valence-corrected chi connectivity index (χ0v) is 14.5. The summed E-state index contributed by atoms with van der Waals surface area (Å²) in [5, 5.41) is 0. The number of nitrogens with one attached hydrogen (secondary N) is 1. The van der Waals surface area contributed by atoms with Gasteiger partial charge in [0.25, 0.3) is 0 Å². The first-order chi connectivity index (χ1) is 12.4. The molecule has 7 heteroatoms. The van der Waals surface area contributed by atoms with Crippen molar-refractivity contribution in [2.24, 2.45) is 0 Å². The van der Waals surface area contributed by atoms with Crippen molar-refractivity contribution in [1.82, 2.24) is 4.72 Å². The third kappa shape index (κ3) is 4.59. The molecule has 0 aliphatic carbocycles. The Morgan fingerprint density at radius 3 is 1.96 bits per heavy atom. The zero-order valence-electron chi connectivity index (χ0n) is 13.7. The molecular weight excluding hydrogens is 355 g/mol. The van der Waals surface area contributed by atoms with Crippen molar-refractivity contribution in [2.75, 3.05) is 5.73 Å². The average molecular weight is 372 g/mol. The van der Waals surface area contributed by atoms with E-state index in [0.29, 0.717) is 17.2 Å². The molecule has 0 radical (unpaired) electrons. The van der Waals surface area contributed by atoms with Gasteiger partial charge in [0.05, 0.1) is 4.90 Å². The quantitative estimate of drug-likeness (QED) is 0.647. The lowest BCUT2D eigenvalue weighted by Gasteiger charge is -2.09. The highest BCUT2D eigenvalue weighted by atomic mass is 32.2. The van der Waals surface area contributed by atoms with Crippen LogP contribution in [0.3, 0.4) is 0 Å². The van der Waals surface area contributed by atoms with Gasteiger partial charge in [0.1, 0.15) is 17.3 Å². The summed E-state index contributed by atoms with van der Waals surface area (Å²) >= 11 is 0. The Kier molecular flexibility index (Phi) is 5.20. The molecule has 3 aromatic carbocycles. The van der Waals surface area contributed by atoms with E-state index in [4.69, 9.17) is 10.5 Å². The van der Waals surface area contributed by atoms with Crippen molar-refractivity contribution in [3.63, 3.8) is 0 Å². The largest absolute Gasteiger partial charge is 0.457 e. The lowest BCUT2D eigenvalue weighted by atomic mass is 10.2. The Bertz CT molecular complexity index is 971. The number of nitrogens with two attached hydrogens (primary N) is 1. The molecule has 0 atom stereocenters. The molecule has 0 spiro atoms. The minimum Gasteiger partial charge on any atom is -0.457 e. The highest BCUT2D eigenvalue weighted by Crippen LogP contribution is 2.22. The van der Waals surface area contributed by atoms with E-state index in [1.807, 2.05) is 0 Å². The van der Waals surface area contributed by atoms with E-state index in [9.17, 15) is 12.8 Å². The van der Waals surface area contributed by atoms with E-state index in [1.165, 1.54) is 48.5 Å². The van der Waals surface area contributed by atoms with Gasteiger partial charge in [-0.2, -0.15) is 0 Å². The Morgan fingerprint density at radius 1 is 0.846 bits per heavy atom. The predicted octanol–water partition coefficient (Wildman–Crippen LogP) is 3.68. The van der Waals surface area contributed by atoms with Crippen LogP contribution in [0.1, 0.15) is 5.56 Å². The summed E-state index contributed by atoms with van der Waals surface area (Å²) < 4.78 is 45.5. The molecular formula is C19H17FN2O3S. The monoisotopic (exact) mass is 372 g/mol. The molecule has 0 saturated heterocycles. The van der Waals surface area contributed by atoms with Crippen LogP contribution in [-0.4, -0.2) is 8.42 Å². The SMILES string of the molecule is Nc1ccc(S(=O)(=O)NCc2ccc(Oc3ccc(F)cc3)cc2)cc1. The van der Waals surface area contributed by atoms with Gasteiger partial charge in [-0.05, 0) is 66.2 Å². The molecule has 3 rings (SSSR count). The molecule has 0 aromatic heterocycles. The van der Waals surface area contributed by atoms with Crippen molar-refractivity contribution in [3.8, 4) is 11.5 Å². The van der Waals surface area contributed by atoms with Crippen LogP contribution >= 0.6 is 0 Å². The molecule has 3 aromatic rings. The van der Waals surface area contributed by atoms with E-state index in [-0.39, 0.29) is 17.3 Å². The molecule has 0 saturated carbocycles. The Balaban J connectivity index is 1.62. The van der Waals surface area contributed by atoms with E-state index >= 15 is 0 Å². The van der Waals surface area contributed by atoms with Crippen LogP contribution in [0.15, 0.2) is 77.7 Å². The van der Waals surface area contributed by atoms with Gasteiger partial charge in [-0.1, -0.05) is 12.1 Å². The summed E-state index contributed by atoms with van der Waals surface area (Å²) in [6, 6.07) is 18.6. The maximum absolute atomic E-state index is 12.9. The van der Waals surface area contributed by atoms with Crippen LogP contribution in [0, 0.1) is 5.82 Å². The molecule has 0 amide bonds. The predicted molar refractivity (Wildman–Crippen MR) is 97.8 cm³/mol. The first kappa shape index (κ1) is 17.9. The van der Waals surface area contributed by atoms with Crippen LogP contribution in [0.25, 0.3) is 0 Å². The molecule has 26 heavy (non-hydrogen) atoms. The normalized spacial score (nSPS) is 11.3. The number of hydrogen-bond acceptors (Lipinski definition) is 4. The maximum atomic E-state index is 12.9. The van der Waals surface area contributed by atoms with Gasteiger partial charge in [-0.15, -0.1) is 0 Å². The second-order valence-corrected chi connectivity index (χ2v) is 7.36. The van der Waals surface area contributed by atoms with Crippen molar-refractivity contribution in [2.45, 2.75) is 11.4 Å². The minimum absolute atomic E-state index is 0.142. The van der Waals surface area contributed by atoms with Gasteiger partial charge in [-0.3, -0.25) is 0 Å². The summed E-state index contributed by atoms with van der Waals surface area (Å²) in [5.41, 5.74) is 6.84. The molecule has 3 N–H and O–H groups in total. The Morgan fingerprint density at radius 2 is 1.38 bits per heavy atom. The Hall–Kier alpha value is -2.90. The first-order valence-electron chi connectivity index (χ1n) is 7.80. The van der Waals surface area contributed by atoms with Crippen LogP contribution in [0.2, 0.25) is 0 Å². The van der Waals surface area contributed by atoms with Crippen molar-refractivity contribution < 1.29 is 17.5 Å². The summed E-state index contributed by atoms with van der Waals surface area (Å²) in [6.07, 6.45) is 0. The van der Waals surface area contributed by atoms with Crippen molar-refractivity contribution in [1.29, 1.82) is 0 Å². The molecule has 134 valence electrons. The number of hydrogen-bond donors (Lipinski definition) is 2. The number of ether oxygens (including phenoxy) is 1. The van der Waals surface area contributed by atoms with E-state index in [0.717, 1.165) is 5.56 Å². The van der Waals surface area contributed by atoms with Crippen LogP contribution in [0.4, 0.5) is 10.1 Å². The highest BCUT2D eigenvalue weighted by molar-refractivity contribution is 7.89. The molecule has 0 unspecified atom stereocenters. The number of nitrogen functional groups attached to an aromatic ring is 1. The van der Waals surface area contributed by atoms with Crippen molar-refractivity contribution in [3.05, 3.63) is 84.2 Å². The molecule has 5 nitrogen and oxygen atoms in total. The Labute approximate surface area is 151 Å². The summed E-state index contributed by atoms with van der Waals surface area (Å²) in [5.74, 6) is 0.756. The summed E-state index contributed by atoms with van der Waals surface area (Å²) in [6.45, 7) is 0.142. The van der Waals surface area contributed by atoms with Gasteiger partial charge in [-0.25, -0.2) is 17.5 Å². The fourth-order valence-electron chi connectivity index (χ4n) is 2.22. The third-order valence-electron chi connectivity index (χ3n) is 3.63. The summed E-state index contributed by atoms with van der Waals surface area (Å²) in [4.78, 5) is 0.156. The second kappa shape index (κ2) is 7.55.